The average Bonchev–Trinajstić information content (AvgIpc) is 2.60. The molecule has 23 heavy (non-hydrogen) atoms. The van der Waals surface area contributed by atoms with Crippen molar-refractivity contribution in [2.75, 3.05) is 18.5 Å². The van der Waals surface area contributed by atoms with E-state index in [1.165, 1.54) is 6.42 Å². The Balaban J connectivity index is 2.18. The second-order valence-electron chi connectivity index (χ2n) is 6.88. The summed E-state index contributed by atoms with van der Waals surface area (Å²) in [7, 11) is 1.74. The summed E-state index contributed by atoms with van der Waals surface area (Å²) in [6.07, 6.45) is 4.19. The number of para-hydroxylation sites is 1. The van der Waals surface area contributed by atoms with Crippen molar-refractivity contribution in [2.24, 2.45) is 5.41 Å². The first-order valence-electron chi connectivity index (χ1n) is 8.53. The van der Waals surface area contributed by atoms with Crippen molar-refractivity contribution < 1.29 is 9.59 Å². The molecule has 4 nitrogen and oxygen atoms in total. The van der Waals surface area contributed by atoms with Gasteiger partial charge in [0.05, 0.1) is 0 Å². The van der Waals surface area contributed by atoms with E-state index in [0.717, 1.165) is 31.5 Å². The summed E-state index contributed by atoms with van der Waals surface area (Å²) in [6.45, 7) is 6.38. The molecule has 0 saturated carbocycles. The van der Waals surface area contributed by atoms with Crippen LogP contribution in [0, 0.1) is 5.41 Å². The number of hydrogen-bond acceptors (Lipinski definition) is 2. The van der Waals surface area contributed by atoms with Crippen molar-refractivity contribution in [2.45, 2.75) is 52.5 Å². The molecular weight excluding hydrogens is 288 g/mol. The lowest BCUT2D eigenvalue weighted by atomic mass is 9.87. The average molecular weight is 316 g/mol. The van der Waals surface area contributed by atoms with E-state index >= 15 is 0 Å². The van der Waals surface area contributed by atoms with Crippen molar-refractivity contribution >= 4 is 17.5 Å². The molecule has 4 heteroatoms. The maximum Gasteiger partial charge on any atom is 0.241 e. The Morgan fingerprint density at radius 2 is 1.87 bits per heavy atom. The molecule has 0 aliphatic carbocycles. The Morgan fingerprint density at radius 1 is 1.22 bits per heavy atom. The van der Waals surface area contributed by atoms with Crippen LogP contribution < -0.4 is 4.90 Å². The number of carbonyl (C=O) groups is 2. The summed E-state index contributed by atoms with van der Waals surface area (Å²) in [5.41, 5.74) is -0.237. The minimum atomic E-state index is -1.05. The molecule has 2 amide bonds. The zero-order valence-electron chi connectivity index (χ0n) is 14.7. The Bertz CT molecular complexity index is 554. The van der Waals surface area contributed by atoms with Crippen LogP contribution in [0.4, 0.5) is 5.69 Å². The van der Waals surface area contributed by atoms with Crippen LogP contribution >= 0.6 is 0 Å². The van der Waals surface area contributed by atoms with Gasteiger partial charge in [-0.25, -0.2) is 0 Å². The maximum absolute atomic E-state index is 13.0. The van der Waals surface area contributed by atoms with Gasteiger partial charge in [0, 0.05) is 25.3 Å². The predicted molar refractivity (Wildman–Crippen MR) is 93.3 cm³/mol. The summed E-state index contributed by atoms with van der Waals surface area (Å²) in [6, 6.07) is 9.74. The molecule has 1 atom stereocenters. The number of piperidine rings is 1. The Kier molecular flexibility index (Phi) is 5.45. The fourth-order valence-corrected chi connectivity index (χ4v) is 3.33. The highest BCUT2D eigenvalue weighted by Crippen LogP contribution is 2.29. The standard InChI is InChI=1S/C19H28N2O2/c1-5-15-11-9-10-14-21(15)18(23)19(2,3)17(22)20(4)16-12-7-6-8-13-16/h6-8,12-13,15H,5,9-11,14H2,1-4H3. The van der Waals surface area contributed by atoms with Crippen LogP contribution in [0.2, 0.25) is 0 Å². The van der Waals surface area contributed by atoms with Gasteiger partial charge < -0.3 is 9.80 Å². The van der Waals surface area contributed by atoms with Gasteiger partial charge >= 0.3 is 0 Å². The van der Waals surface area contributed by atoms with E-state index in [9.17, 15) is 9.59 Å². The van der Waals surface area contributed by atoms with Crippen molar-refractivity contribution in [1.29, 1.82) is 0 Å². The fourth-order valence-electron chi connectivity index (χ4n) is 3.33. The fraction of sp³-hybridized carbons (Fsp3) is 0.579. The van der Waals surface area contributed by atoms with Crippen molar-refractivity contribution in [3.8, 4) is 0 Å². The molecular formula is C19H28N2O2. The van der Waals surface area contributed by atoms with E-state index < -0.39 is 5.41 Å². The van der Waals surface area contributed by atoms with Crippen LogP contribution in [0.1, 0.15) is 46.5 Å². The topological polar surface area (TPSA) is 40.6 Å². The summed E-state index contributed by atoms with van der Waals surface area (Å²) in [5, 5.41) is 0. The van der Waals surface area contributed by atoms with E-state index in [4.69, 9.17) is 0 Å². The Morgan fingerprint density at radius 3 is 2.48 bits per heavy atom. The first-order chi connectivity index (χ1) is 10.9. The van der Waals surface area contributed by atoms with Crippen LogP contribution in [-0.2, 0) is 9.59 Å². The van der Waals surface area contributed by atoms with Gasteiger partial charge in [0.15, 0.2) is 0 Å². The largest absolute Gasteiger partial charge is 0.339 e. The Labute approximate surface area is 139 Å². The molecule has 0 spiro atoms. The normalized spacial score (nSPS) is 18.6. The molecule has 1 aliphatic heterocycles. The van der Waals surface area contributed by atoms with Gasteiger partial charge in [0.2, 0.25) is 11.8 Å². The number of amides is 2. The third-order valence-electron chi connectivity index (χ3n) is 4.88. The van der Waals surface area contributed by atoms with Crippen molar-refractivity contribution in [3.05, 3.63) is 30.3 Å². The summed E-state index contributed by atoms with van der Waals surface area (Å²) < 4.78 is 0. The van der Waals surface area contributed by atoms with Crippen molar-refractivity contribution in [1.82, 2.24) is 4.90 Å². The monoisotopic (exact) mass is 316 g/mol. The minimum absolute atomic E-state index is 0.0446. The summed E-state index contributed by atoms with van der Waals surface area (Å²) >= 11 is 0. The molecule has 1 heterocycles. The number of hydrogen-bond donors (Lipinski definition) is 0. The van der Waals surface area contributed by atoms with E-state index in [1.807, 2.05) is 35.2 Å². The summed E-state index contributed by atoms with van der Waals surface area (Å²) in [4.78, 5) is 29.5. The predicted octanol–water partition coefficient (Wildman–Crippen LogP) is 3.47. The SMILES string of the molecule is CCC1CCCCN1C(=O)C(C)(C)C(=O)N(C)c1ccccc1. The smallest absolute Gasteiger partial charge is 0.241 e. The molecule has 126 valence electrons. The first-order valence-corrected chi connectivity index (χ1v) is 8.53. The second-order valence-corrected chi connectivity index (χ2v) is 6.88. The Hall–Kier alpha value is -1.84. The highest BCUT2D eigenvalue weighted by atomic mass is 16.2. The van der Waals surface area contributed by atoms with Crippen LogP contribution in [0.3, 0.4) is 0 Å². The van der Waals surface area contributed by atoms with Gasteiger partial charge in [-0.3, -0.25) is 9.59 Å². The van der Waals surface area contributed by atoms with Crippen LogP contribution in [0.15, 0.2) is 30.3 Å². The number of carbonyl (C=O) groups excluding carboxylic acids is 2. The molecule has 1 fully saturated rings. The lowest BCUT2D eigenvalue weighted by Crippen LogP contribution is -2.54. The number of likely N-dealkylation sites (tertiary alicyclic amines) is 1. The van der Waals surface area contributed by atoms with E-state index in [2.05, 4.69) is 6.92 Å². The molecule has 1 unspecified atom stereocenters. The number of rotatable bonds is 4. The summed E-state index contributed by atoms with van der Waals surface area (Å²) in [5.74, 6) is -0.203. The number of benzene rings is 1. The van der Waals surface area contributed by atoms with Crippen LogP contribution in [0.25, 0.3) is 0 Å². The van der Waals surface area contributed by atoms with E-state index in [1.54, 1.807) is 25.8 Å². The molecule has 0 radical (unpaired) electrons. The molecule has 1 aromatic rings. The number of nitrogens with zero attached hydrogens (tertiary/aromatic N) is 2. The molecule has 0 bridgehead atoms. The maximum atomic E-state index is 13.0. The molecule has 1 aromatic carbocycles. The van der Waals surface area contributed by atoms with Gasteiger partial charge in [-0.2, -0.15) is 0 Å². The molecule has 1 aliphatic rings. The van der Waals surface area contributed by atoms with Gasteiger partial charge in [0.1, 0.15) is 5.41 Å². The van der Waals surface area contributed by atoms with Gasteiger partial charge in [0.25, 0.3) is 0 Å². The third-order valence-corrected chi connectivity index (χ3v) is 4.88. The lowest BCUT2D eigenvalue weighted by Gasteiger charge is -2.40. The van der Waals surface area contributed by atoms with E-state index in [0.29, 0.717) is 0 Å². The van der Waals surface area contributed by atoms with Crippen LogP contribution in [-0.4, -0.2) is 36.3 Å². The molecule has 2 rings (SSSR count). The zero-order valence-corrected chi connectivity index (χ0v) is 14.7. The highest BCUT2D eigenvalue weighted by molar-refractivity contribution is 6.10. The molecule has 0 aromatic heterocycles. The molecule has 1 saturated heterocycles. The lowest BCUT2D eigenvalue weighted by molar-refractivity contribution is -0.150. The first kappa shape index (κ1) is 17.5. The van der Waals surface area contributed by atoms with Gasteiger partial charge in [-0.15, -0.1) is 0 Å². The van der Waals surface area contributed by atoms with Crippen LogP contribution in [0.5, 0.6) is 0 Å². The zero-order chi connectivity index (χ0) is 17.0. The molecule has 0 N–H and O–H groups in total. The van der Waals surface area contributed by atoms with Gasteiger partial charge in [-0.05, 0) is 51.7 Å². The van der Waals surface area contributed by atoms with Crippen molar-refractivity contribution in [3.63, 3.8) is 0 Å². The quantitative estimate of drug-likeness (QED) is 0.798. The van der Waals surface area contributed by atoms with E-state index in [-0.39, 0.29) is 17.9 Å². The number of anilines is 1. The second kappa shape index (κ2) is 7.16. The third kappa shape index (κ3) is 3.57. The highest BCUT2D eigenvalue weighted by Gasteiger charge is 2.43. The minimum Gasteiger partial charge on any atom is -0.339 e. The van der Waals surface area contributed by atoms with Gasteiger partial charge in [-0.1, -0.05) is 25.1 Å².